The van der Waals surface area contributed by atoms with Gasteiger partial charge in [-0.1, -0.05) is 25.0 Å². The number of aromatic nitrogens is 3. The molecule has 1 fully saturated rings. The lowest BCUT2D eigenvalue weighted by atomic mass is 9.88. The molecule has 114 valence electrons. The molecule has 2 rings (SSSR count). The third-order valence-corrected chi connectivity index (χ3v) is 3.91. The molecule has 2 N–H and O–H groups in total. The predicted molar refractivity (Wildman–Crippen MR) is 76.3 cm³/mol. The molecule has 1 aromatic rings. The van der Waals surface area contributed by atoms with Crippen molar-refractivity contribution in [2.45, 2.75) is 51.4 Å². The van der Waals surface area contributed by atoms with Crippen LogP contribution in [-0.2, 0) is 11.3 Å². The van der Waals surface area contributed by atoms with Crippen LogP contribution in [0, 0.1) is 5.92 Å². The van der Waals surface area contributed by atoms with Crippen LogP contribution in [0.3, 0.4) is 0 Å². The van der Waals surface area contributed by atoms with Crippen molar-refractivity contribution in [2.24, 2.45) is 5.92 Å². The van der Waals surface area contributed by atoms with E-state index in [2.05, 4.69) is 22.6 Å². The van der Waals surface area contributed by atoms with Crippen LogP contribution >= 0.6 is 0 Å². The Balaban J connectivity index is 1.52. The van der Waals surface area contributed by atoms with Gasteiger partial charge in [0.2, 0.25) is 0 Å². The minimum Gasteiger partial charge on any atom is -0.389 e. The molecule has 3 unspecified atom stereocenters. The van der Waals surface area contributed by atoms with Crippen LogP contribution in [0.5, 0.6) is 0 Å². The average molecular weight is 282 g/mol. The lowest BCUT2D eigenvalue weighted by molar-refractivity contribution is -0.0451. The molecule has 1 aliphatic rings. The van der Waals surface area contributed by atoms with Crippen molar-refractivity contribution in [3.63, 3.8) is 0 Å². The van der Waals surface area contributed by atoms with E-state index in [4.69, 9.17) is 4.74 Å². The summed E-state index contributed by atoms with van der Waals surface area (Å²) in [5, 5.41) is 20.7. The van der Waals surface area contributed by atoms with E-state index < -0.39 is 6.10 Å². The highest BCUT2D eigenvalue weighted by molar-refractivity contribution is 4.73. The minimum atomic E-state index is -0.445. The molecule has 6 heteroatoms. The van der Waals surface area contributed by atoms with E-state index in [9.17, 15) is 5.11 Å². The van der Waals surface area contributed by atoms with Gasteiger partial charge in [0.05, 0.1) is 31.6 Å². The molecule has 0 aliphatic heterocycles. The van der Waals surface area contributed by atoms with E-state index in [-0.39, 0.29) is 0 Å². The van der Waals surface area contributed by atoms with Crippen molar-refractivity contribution in [1.82, 2.24) is 20.3 Å². The molecule has 6 nitrogen and oxygen atoms in total. The molecular formula is C14H26N4O2. The third kappa shape index (κ3) is 5.19. The molecule has 1 saturated carbocycles. The zero-order valence-corrected chi connectivity index (χ0v) is 12.2. The molecule has 0 radical (unpaired) electrons. The second-order valence-electron chi connectivity index (χ2n) is 5.66. The van der Waals surface area contributed by atoms with Crippen LogP contribution in [-0.4, -0.2) is 52.0 Å². The molecular weight excluding hydrogens is 256 g/mol. The van der Waals surface area contributed by atoms with Gasteiger partial charge in [0.15, 0.2) is 0 Å². The van der Waals surface area contributed by atoms with Gasteiger partial charge in [0.1, 0.15) is 0 Å². The number of aliphatic hydroxyl groups excluding tert-OH is 1. The number of nitrogens with zero attached hydrogens (tertiary/aromatic N) is 3. The first-order chi connectivity index (χ1) is 9.75. The van der Waals surface area contributed by atoms with Gasteiger partial charge in [-0.05, 0) is 18.8 Å². The van der Waals surface area contributed by atoms with Crippen LogP contribution in [0.15, 0.2) is 12.4 Å². The normalized spacial score (nSPS) is 24.7. The van der Waals surface area contributed by atoms with Crippen LogP contribution in [0.4, 0.5) is 0 Å². The average Bonchev–Trinajstić information content (AvgIpc) is 2.96. The summed E-state index contributed by atoms with van der Waals surface area (Å²) >= 11 is 0. The molecule has 0 aromatic carbocycles. The van der Waals surface area contributed by atoms with Gasteiger partial charge < -0.3 is 15.2 Å². The topological polar surface area (TPSA) is 72.2 Å². The fourth-order valence-corrected chi connectivity index (χ4v) is 2.64. The Kier molecular flexibility index (Phi) is 6.42. The van der Waals surface area contributed by atoms with Crippen molar-refractivity contribution in [2.75, 3.05) is 19.7 Å². The fraction of sp³-hybridized carbons (Fsp3) is 0.857. The SMILES string of the molecule is CC1CCCCC1OCC(O)CNCCn1ccnn1. The second kappa shape index (κ2) is 8.34. The number of rotatable bonds is 8. The van der Waals surface area contributed by atoms with Gasteiger partial charge in [0, 0.05) is 19.3 Å². The van der Waals surface area contributed by atoms with Crippen molar-refractivity contribution in [1.29, 1.82) is 0 Å². The monoisotopic (exact) mass is 282 g/mol. The highest BCUT2D eigenvalue weighted by atomic mass is 16.5. The second-order valence-corrected chi connectivity index (χ2v) is 5.66. The first-order valence-corrected chi connectivity index (χ1v) is 7.60. The summed E-state index contributed by atoms with van der Waals surface area (Å²) in [6, 6.07) is 0. The summed E-state index contributed by atoms with van der Waals surface area (Å²) in [7, 11) is 0. The highest BCUT2D eigenvalue weighted by Crippen LogP contribution is 2.26. The van der Waals surface area contributed by atoms with E-state index in [1.807, 2.05) is 6.20 Å². The molecule has 1 heterocycles. The molecule has 0 saturated heterocycles. The lowest BCUT2D eigenvalue weighted by Gasteiger charge is -2.29. The Bertz CT molecular complexity index is 358. The summed E-state index contributed by atoms with van der Waals surface area (Å²) in [5.41, 5.74) is 0. The zero-order valence-electron chi connectivity index (χ0n) is 12.2. The van der Waals surface area contributed by atoms with E-state index in [0.717, 1.165) is 19.5 Å². The Labute approximate surface area is 120 Å². The fourth-order valence-electron chi connectivity index (χ4n) is 2.64. The van der Waals surface area contributed by atoms with Crippen molar-refractivity contribution in [3.8, 4) is 0 Å². The Hall–Kier alpha value is -0.980. The quantitative estimate of drug-likeness (QED) is 0.691. The molecule has 0 spiro atoms. The maximum absolute atomic E-state index is 9.90. The van der Waals surface area contributed by atoms with Gasteiger partial charge in [-0.15, -0.1) is 5.10 Å². The van der Waals surface area contributed by atoms with Crippen LogP contribution in [0.2, 0.25) is 0 Å². The molecule has 20 heavy (non-hydrogen) atoms. The Morgan fingerprint density at radius 3 is 3.05 bits per heavy atom. The van der Waals surface area contributed by atoms with Crippen LogP contribution in [0.25, 0.3) is 0 Å². The summed E-state index contributed by atoms with van der Waals surface area (Å²) in [4.78, 5) is 0. The lowest BCUT2D eigenvalue weighted by Crippen LogP contribution is -2.35. The van der Waals surface area contributed by atoms with E-state index in [1.54, 1.807) is 10.9 Å². The largest absolute Gasteiger partial charge is 0.389 e. The van der Waals surface area contributed by atoms with Gasteiger partial charge in [-0.2, -0.15) is 0 Å². The van der Waals surface area contributed by atoms with E-state index in [0.29, 0.717) is 25.2 Å². The Morgan fingerprint density at radius 1 is 1.45 bits per heavy atom. The highest BCUT2D eigenvalue weighted by Gasteiger charge is 2.22. The molecule has 0 bridgehead atoms. The van der Waals surface area contributed by atoms with Gasteiger partial charge in [-0.3, -0.25) is 4.68 Å². The van der Waals surface area contributed by atoms with Crippen molar-refractivity contribution >= 4 is 0 Å². The van der Waals surface area contributed by atoms with Gasteiger partial charge in [0.25, 0.3) is 0 Å². The van der Waals surface area contributed by atoms with Gasteiger partial charge in [-0.25, -0.2) is 0 Å². The zero-order chi connectivity index (χ0) is 14.2. The molecule has 1 aromatic heterocycles. The maximum atomic E-state index is 9.90. The number of aliphatic hydroxyl groups is 1. The van der Waals surface area contributed by atoms with Crippen molar-refractivity contribution in [3.05, 3.63) is 12.4 Å². The van der Waals surface area contributed by atoms with Crippen LogP contribution < -0.4 is 5.32 Å². The van der Waals surface area contributed by atoms with E-state index >= 15 is 0 Å². The molecule has 3 atom stereocenters. The van der Waals surface area contributed by atoms with Gasteiger partial charge >= 0.3 is 0 Å². The Morgan fingerprint density at radius 2 is 2.30 bits per heavy atom. The first kappa shape index (κ1) is 15.4. The summed E-state index contributed by atoms with van der Waals surface area (Å²) in [6.45, 7) is 4.74. The third-order valence-electron chi connectivity index (χ3n) is 3.91. The summed E-state index contributed by atoms with van der Waals surface area (Å²) < 4.78 is 7.61. The van der Waals surface area contributed by atoms with Crippen molar-refractivity contribution < 1.29 is 9.84 Å². The summed E-state index contributed by atoms with van der Waals surface area (Å²) in [6.07, 6.45) is 8.31. The standard InChI is InChI=1S/C14H26N4O2/c1-12-4-2-3-5-14(12)20-11-13(19)10-15-6-8-18-9-7-16-17-18/h7,9,12-15,19H,2-6,8,10-11H2,1H3. The number of hydrogen-bond acceptors (Lipinski definition) is 5. The maximum Gasteiger partial charge on any atom is 0.0897 e. The number of nitrogens with one attached hydrogen (secondary N) is 1. The number of hydrogen-bond donors (Lipinski definition) is 2. The predicted octanol–water partition coefficient (Wildman–Crippen LogP) is 0.824. The van der Waals surface area contributed by atoms with Crippen LogP contribution in [0.1, 0.15) is 32.6 Å². The molecule has 0 amide bonds. The number of ether oxygens (including phenoxy) is 1. The summed E-state index contributed by atoms with van der Waals surface area (Å²) in [5.74, 6) is 0.622. The first-order valence-electron chi connectivity index (χ1n) is 7.60. The molecule has 1 aliphatic carbocycles. The minimum absolute atomic E-state index is 0.327. The smallest absolute Gasteiger partial charge is 0.0897 e. The van der Waals surface area contributed by atoms with E-state index in [1.165, 1.54) is 19.3 Å².